The van der Waals surface area contributed by atoms with Crippen molar-refractivity contribution in [2.75, 3.05) is 10.9 Å². The summed E-state index contributed by atoms with van der Waals surface area (Å²) in [4.78, 5) is 45.9. The first-order valence-corrected chi connectivity index (χ1v) is 23.9. The first kappa shape index (κ1) is 46.2. The molecule has 0 amide bonds. The van der Waals surface area contributed by atoms with Crippen molar-refractivity contribution in [3.63, 3.8) is 0 Å². The summed E-state index contributed by atoms with van der Waals surface area (Å²) in [6, 6.07) is 24.0. The third kappa shape index (κ3) is 10.9. The van der Waals surface area contributed by atoms with E-state index in [2.05, 4.69) is 64.8 Å². The number of hydrogen-bond donors (Lipinski definition) is 3. The fourth-order valence-electron chi connectivity index (χ4n) is 11.5. The number of hydrogen-bond acceptors (Lipinski definition) is 12. The molecule has 3 N–H and O–H groups in total. The third-order valence-corrected chi connectivity index (χ3v) is 15.3. The molecule has 0 aromatic heterocycles. The maximum Gasteiger partial charge on any atom is 0.301 e. The molecule has 16 heteroatoms. The monoisotopic (exact) mass is 900 g/mol. The first-order valence-electron chi connectivity index (χ1n) is 23.9. The Bertz CT molecular complexity index is 2410. The minimum atomic E-state index is -1.03. The van der Waals surface area contributed by atoms with E-state index in [1.54, 1.807) is 0 Å². The van der Waals surface area contributed by atoms with Crippen LogP contribution in [0.2, 0.25) is 0 Å². The van der Waals surface area contributed by atoms with Crippen molar-refractivity contribution >= 4 is 39.8 Å². The Labute approximate surface area is 384 Å². The molecule has 10 aliphatic rings. The summed E-state index contributed by atoms with van der Waals surface area (Å²) >= 11 is 0. The number of nitrogens with one attached hydrogen (secondary N) is 3. The van der Waals surface area contributed by atoms with Crippen molar-refractivity contribution in [2.24, 2.45) is 34.7 Å². The number of nitro benzene ring substituents is 4. The lowest BCUT2D eigenvalue weighted by molar-refractivity contribution is -0.393. The summed E-state index contributed by atoms with van der Waals surface area (Å²) < 4.78 is 0. The van der Waals surface area contributed by atoms with E-state index in [0.717, 1.165) is 87.0 Å². The van der Waals surface area contributed by atoms with Crippen LogP contribution in [-0.4, -0.2) is 25.4 Å². The van der Waals surface area contributed by atoms with Gasteiger partial charge in [-0.15, -0.1) is 0 Å². The maximum atomic E-state index is 12.6. The highest BCUT2D eigenvalue weighted by Crippen LogP contribution is 2.45. The van der Waals surface area contributed by atoms with Crippen molar-refractivity contribution in [1.29, 1.82) is 0 Å². The molecule has 4 aromatic rings. The molecular formula is C50H60N8O8. The molecule has 2 saturated carbocycles. The van der Waals surface area contributed by atoms with E-state index < -0.39 is 53.9 Å². The van der Waals surface area contributed by atoms with Crippen molar-refractivity contribution in [1.82, 2.24) is 5.43 Å². The van der Waals surface area contributed by atoms with Crippen LogP contribution >= 0.6 is 0 Å². The van der Waals surface area contributed by atoms with E-state index in [9.17, 15) is 40.5 Å². The molecule has 0 aliphatic heterocycles. The smallest absolute Gasteiger partial charge is 0.301 e. The Morgan fingerprint density at radius 3 is 1.47 bits per heavy atom. The van der Waals surface area contributed by atoms with Crippen molar-refractivity contribution < 1.29 is 19.7 Å². The van der Waals surface area contributed by atoms with Crippen LogP contribution in [0.15, 0.2) is 90.0 Å². The molecule has 0 unspecified atom stereocenters. The molecule has 8 bridgehead atoms. The zero-order chi connectivity index (χ0) is 46.2. The summed E-state index contributed by atoms with van der Waals surface area (Å²) in [6.45, 7) is 0. The van der Waals surface area contributed by atoms with Crippen LogP contribution in [0, 0.1) is 70.0 Å². The molecular weight excluding hydrogens is 841 g/mol. The number of benzene rings is 4. The molecule has 10 aliphatic carbocycles. The second-order valence-corrected chi connectivity index (χ2v) is 19.2. The van der Waals surface area contributed by atoms with Gasteiger partial charge in [-0.2, -0.15) is 5.10 Å². The van der Waals surface area contributed by atoms with Crippen LogP contribution in [0.5, 0.6) is 0 Å². The quantitative estimate of drug-likeness (QED) is 0.100. The SMILES string of the molecule is O=[N+]([O-])c1ccc(N/N=C2/c3ccc(cc3)CCCC3CCC(CC3)CC[C@@H]2[C@@]2(NNc3ccc([N+](=O)[O-])cc3[N+](=O)[O-])CCCC3CCC(CCCc4ccc2cc4)CC3)c([N+](=O)[O-])c1. The summed E-state index contributed by atoms with van der Waals surface area (Å²) in [5, 5.41) is 53.7. The van der Waals surface area contributed by atoms with E-state index in [4.69, 9.17) is 5.10 Å². The third-order valence-electron chi connectivity index (χ3n) is 15.3. The number of aryl methyl sites for hydroxylation is 2. The topological polar surface area (TPSA) is 221 Å². The highest BCUT2D eigenvalue weighted by atomic mass is 16.6. The minimum Gasteiger partial charge on any atom is -0.315 e. The molecule has 4 aromatic carbocycles. The van der Waals surface area contributed by atoms with Crippen LogP contribution in [0.4, 0.5) is 34.1 Å². The molecule has 0 heterocycles. The van der Waals surface area contributed by atoms with Crippen LogP contribution in [-0.2, 0) is 18.4 Å². The zero-order valence-electron chi connectivity index (χ0n) is 37.4. The van der Waals surface area contributed by atoms with Gasteiger partial charge in [0.05, 0.1) is 43.1 Å². The first-order chi connectivity index (χ1) is 32.0. The van der Waals surface area contributed by atoms with E-state index in [1.165, 1.54) is 86.8 Å². The lowest BCUT2D eigenvalue weighted by Gasteiger charge is -2.44. The van der Waals surface area contributed by atoms with Gasteiger partial charge in [0.15, 0.2) is 0 Å². The fraction of sp³-hybridized carbons (Fsp3) is 0.500. The van der Waals surface area contributed by atoms with Gasteiger partial charge in [-0.1, -0.05) is 126 Å². The van der Waals surface area contributed by atoms with E-state index >= 15 is 0 Å². The number of hydrazine groups is 1. The van der Waals surface area contributed by atoms with Crippen LogP contribution in [0.25, 0.3) is 0 Å². The molecule has 14 rings (SSSR count). The van der Waals surface area contributed by atoms with Gasteiger partial charge in [-0.25, -0.2) is 5.43 Å². The average Bonchev–Trinajstić information content (AvgIpc) is 3.34. The van der Waals surface area contributed by atoms with Gasteiger partial charge < -0.3 is 5.43 Å². The zero-order valence-corrected chi connectivity index (χ0v) is 37.4. The lowest BCUT2D eigenvalue weighted by Crippen LogP contribution is -2.54. The lowest BCUT2D eigenvalue weighted by atomic mass is 9.67. The molecule has 2 atom stereocenters. The number of nitrogens with zero attached hydrogens (tertiary/aromatic N) is 5. The molecule has 2 fully saturated rings. The summed E-state index contributed by atoms with van der Waals surface area (Å²) in [5.41, 5.74) is 12.0. The van der Waals surface area contributed by atoms with Crippen LogP contribution in [0.3, 0.4) is 0 Å². The molecule has 0 saturated heterocycles. The number of nitro groups is 4. The van der Waals surface area contributed by atoms with E-state index in [1.807, 2.05) is 0 Å². The maximum absolute atomic E-state index is 12.6. The minimum absolute atomic E-state index is 0.00801. The number of anilines is 2. The van der Waals surface area contributed by atoms with Crippen LogP contribution in [0.1, 0.15) is 131 Å². The molecule has 0 radical (unpaired) electrons. The predicted octanol–water partition coefficient (Wildman–Crippen LogP) is 12.5. The number of rotatable bonds is 10. The van der Waals surface area contributed by atoms with Gasteiger partial charge in [-0.3, -0.25) is 45.9 Å². The van der Waals surface area contributed by atoms with Gasteiger partial charge >= 0.3 is 11.4 Å². The highest BCUT2D eigenvalue weighted by Gasteiger charge is 2.45. The van der Waals surface area contributed by atoms with Crippen molar-refractivity contribution in [3.05, 3.63) is 148 Å². The molecule has 348 valence electrons. The highest BCUT2D eigenvalue weighted by molar-refractivity contribution is 6.03. The van der Waals surface area contributed by atoms with Gasteiger partial charge in [0, 0.05) is 18.1 Å². The number of hydrazone groups is 1. The Kier molecular flexibility index (Phi) is 14.6. The predicted molar refractivity (Wildman–Crippen MR) is 254 cm³/mol. The Balaban J connectivity index is 1.33. The average molecular weight is 901 g/mol. The summed E-state index contributed by atoms with van der Waals surface area (Å²) in [6.07, 6.45) is 19.6. The Morgan fingerprint density at radius 2 is 0.955 bits per heavy atom. The van der Waals surface area contributed by atoms with Crippen LogP contribution < -0.4 is 16.3 Å². The molecule has 66 heavy (non-hydrogen) atoms. The van der Waals surface area contributed by atoms with Gasteiger partial charge in [0.25, 0.3) is 11.4 Å². The van der Waals surface area contributed by atoms with Gasteiger partial charge in [0.1, 0.15) is 11.4 Å². The fourth-order valence-corrected chi connectivity index (χ4v) is 11.5. The second kappa shape index (κ2) is 20.9. The van der Waals surface area contributed by atoms with Gasteiger partial charge in [-0.05, 0) is 103 Å². The second-order valence-electron chi connectivity index (χ2n) is 19.2. The summed E-state index contributed by atoms with van der Waals surface area (Å²) in [7, 11) is 0. The van der Waals surface area contributed by atoms with E-state index in [-0.39, 0.29) is 11.4 Å². The number of non-ortho nitro benzene ring substituents is 2. The Hall–Kier alpha value is -6.29. The van der Waals surface area contributed by atoms with Crippen molar-refractivity contribution in [2.45, 2.75) is 128 Å². The Morgan fingerprint density at radius 1 is 0.500 bits per heavy atom. The largest absolute Gasteiger partial charge is 0.315 e. The standard InChI is InChI=1S/C50H60N8O8/c59-55(60)42-26-29-45(47(32-42)57(63)64)51-53-49-40-22-17-36(18-23-40)6-1-4-35-13-15-39(16-14-35)21-28-44(49)50(54-52-46-30-27-43(56(61)62)33-48(46)58(65)66)31-3-8-38-11-9-34(10-12-38)5-2-7-37-19-24-41(50)25-20-37/h17-20,22-27,29-30,32-35,38-39,44,51-52,54H,1-16,21,28,31H2/b53-49-/t34?,35?,38?,39?,44-,50+/m0/s1. The van der Waals surface area contributed by atoms with E-state index in [0.29, 0.717) is 36.3 Å². The van der Waals surface area contributed by atoms with Gasteiger partial charge in [0.2, 0.25) is 0 Å². The molecule has 16 nitrogen and oxygen atoms in total. The molecule has 0 spiro atoms. The summed E-state index contributed by atoms with van der Waals surface area (Å²) in [5.74, 6) is 1.95. The van der Waals surface area contributed by atoms with Crippen molar-refractivity contribution in [3.8, 4) is 0 Å². The normalized spacial score (nSPS) is 25.5.